The third kappa shape index (κ3) is 4.04. The van der Waals surface area contributed by atoms with Gasteiger partial charge in [0.1, 0.15) is 0 Å². The monoisotopic (exact) mass is 297 g/mol. The Hall–Kier alpha value is -0.420. The third-order valence-electron chi connectivity index (χ3n) is 4.87. The number of thioether (sulfide) groups is 1. The van der Waals surface area contributed by atoms with Crippen LogP contribution in [0.3, 0.4) is 0 Å². The molecule has 2 amide bonds. The maximum atomic E-state index is 12.0. The van der Waals surface area contributed by atoms with Gasteiger partial charge in [0.15, 0.2) is 0 Å². The molecule has 0 radical (unpaired) electrons. The number of urea groups is 1. The Morgan fingerprint density at radius 3 is 2.65 bits per heavy atom. The highest BCUT2D eigenvalue weighted by Crippen LogP contribution is 2.31. The summed E-state index contributed by atoms with van der Waals surface area (Å²) in [5.74, 6) is 0.949. The fraction of sp³-hybridized carbons (Fsp3) is 0.933. The van der Waals surface area contributed by atoms with Crippen LogP contribution < -0.4 is 10.6 Å². The van der Waals surface area contributed by atoms with E-state index < -0.39 is 0 Å². The Bertz CT molecular complexity index is 348. The minimum atomic E-state index is 0.0509. The summed E-state index contributed by atoms with van der Waals surface area (Å²) in [4.78, 5) is 14.6. The maximum absolute atomic E-state index is 12.0. The molecular weight excluding hydrogens is 270 g/mol. The van der Waals surface area contributed by atoms with Crippen molar-refractivity contribution >= 4 is 17.8 Å². The van der Waals surface area contributed by atoms with Crippen LogP contribution >= 0.6 is 11.8 Å². The molecule has 20 heavy (non-hydrogen) atoms. The zero-order valence-corrected chi connectivity index (χ0v) is 13.3. The zero-order valence-electron chi connectivity index (χ0n) is 12.4. The summed E-state index contributed by atoms with van der Waals surface area (Å²) < 4.78 is 0. The van der Waals surface area contributed by atoms with Gasteiger partial charge in [0.2, 0.25) is 0 Å². The average molecular weight is 297 g/mol. The Morgan fingerprint density at radius 2 is 1.95 bits per heavy atom. The smallest absolute Gasteiger partial charge is 0.315 e. The first-order valence-electron chi connectivity index (χ1n) is 8.05. The predicted molar refractivity (Wildman–Crippen MR) is 84.2 cm³/mol. The molecule has 2 N–H and O–H groups in total. The lowest BCUT2D eigenvalue weighted by Crippen LogP contribution is -2.46. The van der Waals surface area contributed by atoms with E-state index in [1.54, 1.807) is 0 Å². The summed E-state index contributed by atoms with van der Waals surface area (Å²) >= 11 is 1.93. The summed E-state index contributed by atoms with van der Waals surface area (Å²) in [5.41, 5.74) is 0. The number of hydrogen-bond donors (Lipinski definition) is 2. The van der Waals surface area contributed by atoms with E-state index in [4.69, 9.17) is 0 Å². The van der Waals surface area contributed by atoms with Gasteiger partial charge in [-0.15, -0.1) is 0 Å². The summed E-state index contributed by atoms with van der Waals surface area (Å²) in [6.07, 6.45) is 9.61. The Morgan fingerprint density at radius 1 is 1.15 bits per heavy atom. The molecule has 3 aliphatic rings. The minimum absolute atomic E-state index is 0.0509. The second-order valence-electron chi connectivity index (χ2n) is 6.67. The van der Waals surface area contributed by atoms with E-state index in [2.05, 4.69) is 21.8 Å². The molecule has 0 aromatic rings. The number of nitrogens with one attached hydrogen (secondary N) is 2. The highest BCUT2D eigenvalue weighted by molar-refractivity contribution is 7.99. The van der Waals surface area contributed by atoms with E-state index in [0.29, 0.717) is 12.1 Å². The lowest BCUT2D eigenvalue weighted by Gasteiger charge is -2.18. The minimum Gasteiger partial charge on any atom is -0.335 e. The molecule has 1 aliphatic heterocycles. The molecule has 0 aromatic heterocycles. The van der Waals surface area contributed by atoms with Crippen LogP contribution in [0.2, 0.25) is 0 Å². The topological polar surface area (TPSA) is 44.4 Å². The average Bonchev–Trinajstić information content (AvgIpc) is 2.94. The van der Waals surface area contributed by atoms with Crippen LogP contribution in [0.15, 0.2) is 0 Å². The van der Waals surface area contributed by atoms with Crippen LogP contribution in [-0.4, -0.2) is 54.2 Å². The molecule has 3 rings (SSSR count). The van der Waals surface area contributed by atoms with E-state index >= 15 is 0 Å². The highest BCUT2D eigenvalue weighted by atomic mass is 32.2. The number of rotatable bonds is 5. The fourth-order valence-electron chi connectivity index (χ4n) is 3.48. The van der Waals surface area contributed by atoms with E-state index in [0.717, 1.165) is 43.5 Å². The van der Waals surface area contributed by atoms with Crippen molar-refractivity contribution in [3.63, 3.8) is 0 Å². The van der Waals surface area contributed by atoms with Crippen LogP contribution in [0, 0.1) is 5.92 Å². The molecule has 0 spiro atoms. The number of hydrogen-bond acceptors (Lipinski definition) is 3. The van der Waals surface area contributed by atoms with E-state index in [-0.39, 0.29) is 6.03 Å². The number of carbonyl (C=O) groups is 1. The van der Waals surface area contributed by atoms with Gasteiger partial charge in [-0.25, -0.2) is 4.79 Å². The van der Waals surface area contributed by atoms with Crippen LogP contribution in [0.25, 0.3) is 0 Å². The molecule has 3 atom stereocenters. The quantitative estimate of drug-likeness (QED) is 0.816. The van der Waals surface area contributed by atoms with Gasteiger partial charge < -0.3 is 15.5 Å². The second-order valence-corrected chi connectivity index (χ2v) is 7.81. The number of likely N-dealkylation sites (tertiary alicyclic amines) is 1. The molecule has 114 valence electrons. The Balaban J connectivity index is 1.34. The molecule has 5 heteroatoms. The van der Waals surface area contributed by atoms with Gasteiger partial charge in [-0.3, -0.25) is 0 Å². The highest BCUT2D eigenvalue weighted by Gasteiger charge is 2.30. The molecule has 3 fully saturated rings. The van der Waals surface area contributed by atoms with Crippen LogP contribution in [0.5, 0.6) is 0 Å². The zero-order chi connectivity index (χ0) is 13.9. The largest absolute Gasteiger partial charge is 0.335 e. The van der Waals surface area contributed by atoms with Crippen molar-refractivity contribution in [2.75, 3.05) is 25.9 Å². The predicted octanol–water partition coefficient (Wildman–Crippen LogP) is 2.05. The van der Waals surface area contributed by atoms with Crippen molar-refractivity contribution in [1.82, 2.24) is 15.5 Å². The molecule has 2 aliphatic carbocycles. The normalized spacial score (nSPS) is 34.4. The van der Waals surface area contributed by atoms with Gasteiger partial charge in [-0.2, -0.15) is 11.8 Å². The van der Waals surface area contributed by atoms with Gasteiger partial charge in [-0.05, 0) is 50.7 Å². The first-order valence-corrected chi connectivity index (χ1v) is 9.34. The summed E-state index contributed by atoms with van der Waals surface area (Å²) in [5, 5.41) is 7.06. The Labute approximate surface area is 126 Å². The van der Waals surface area contributed by atoms with Crippen molar-refractivity contribution in [1.29, 1.82) is 0 Å². The Kier molecular flexibility index (Phi) is 4.76. The number of carbonyl (C=O) groups excluding carboxylic acids is 1. The first kappa shape index (κ1) is 14.5. The molecule has 1 saturated heterocycles. The molecule has 1 heterocycles. The fourth-order valence-corrected chi connectivity index (χ4v) is 4.28. The molecule has 0 unspecified atom stereocenters. The van der Waals surface area contributed by atoms with Crippen molar-refractivity contribution in [3.05, 3.63) is 0 Å². The van der Waals surface area contributed by atoms with Gasteiger partial charge in [0.25, 0.3) is 0 Å². The maximum Gasteiger partial charge on any atom is 0.315 e. The molecule has 4 nitrogen and oxygen atoms in total. The third-order valence-corrected chi connectivity index (χ3v) is 5.97. The van der Waals surface area contributed by atoms with Crippen molar-refractivity contribution in [2.24, 2.45) is 5.92 Å². The van der Waals surface area contributed by atoms with Crippen LogP contribution in [0.4, 0.5) is 4.79 Å². The molecule has 2 saturated carbocycles. The molecule has 0 aromatic carbocycles. The lowest BCUT2D eigenvalue weighted by molar-refractivity contribution is 0.232. The molecular formula is C15H27N3OS. The summed E-state index contributed by atoms with van der Waals surface area (Å²) in [6.45, 7) is 3.44. The first-order chi connectivity index (χ1) is 9.72. The van der Waals surface area contributed by atoms with Crippen molar-refractivity contribution in [2.45, 2.75) is 55.9 Å². The van der Waals surface area contributed by atoms with Crippen LogP contribution in [0.1, 0.15) is 38.5 Å². The van der Waals surface area contributed by atoms with E-state index in [1.165, 1.54) is 25.8 Å². The van der Waals surface area contributed by atoms with E-state index in [9.17, 15) is 4.79 Å². The summed E-state index contributed by atoms with van der Waals surface area (Å²) in [6, 6.07) is 0.790. The number of amides is 2. The van der Waals surface area contributed by atoms with E-state index in [1.807, 2.05) is 11.8 Å². The van der Waals surface area contributed by atoms with Crippen molar-refractivity contribution in [3.8, 4) is 0 Å². The lowest BCUT2D eigenvalue weighted by atomic mass is 10.2. The van der Waals surface area contributed by atoms with Gasteiger partial charge in [0.05, 0.1) is 0 Å². The SMILES string of the molecule is CS[C@@H]1CC[C@H](NC(=O)N[C@H]2CCN(CC3CC3)C2)C1. The van der Waals surface area contributed by atoms with Crippen LogP contribution in [-0.2, 0) is 0 Å². The summed E-state index contributed by atoms with van der Waals surface area (Å²) in [7, 11) is 0. The molecule has 0 bridgehead atoms. The van der Waals surface area contributed by atoms with Gasteiger partial charge in [0, 0.05) is 37.0 Å². The van der Waals surface area contributed by atoms with Gasteiger partial charge >= 0.3 is 6.03 Å². The van der Waals surface area contributed by atoms with Crippen molar-refractivity contribution < 1.29 is 4.79 Å². The standard InChI is InChI=1S/C15H27N3OS/c1-20-14-5-4-12(8-14)16-15(19)17-13-6-7-18(10-13)9-11-2-3-11/h11-14H,2-10H2,1H3,(H2,16,17,19)/t12-,13-,14+/m0/s1. The second kappa shape index (κ2) is 6.56. The number of nitrogens with zero attached hydrogens (tertiary/aromatic N) is 1. The van der Waals surface area contributed by atoms with Gasteiger partial charge in [-0.1, -0.05) is 0 Å².